The summed E-state index contributed by atoms with van der Waals surface area (Å²) in [4.78, 5) is 35.5. The first-order valence-electron chi connectivity index (χ1n) is 10.9. The minimum atomic E-state index is -0.629. The van der Waals surface area contributed by atoms with Gasteiger partial charge < -0.3 is 9.80 Å². The fourth-order valence-corrected chi connectivity index (χ4v) is 5.37. The molecular weight excluding hydrogens is 418 g/mol. The fourth-order valence-electron chi connectivity index (χ4n) is 4.70. The van der Waals surface area contributed by atoms with E-state index in [0.29, 0.717) is 19.5 Å². The number of thiophene rings is 1. The van der Waals surface area contributed by atoms with Gasteiger partial charge in [-0.2, -0.15) is 0 Å². The van der Waals surface area contributed by atoms with Gasteiger partial charge >= 0.3 is 0 Å². The molecule has 1 aliphatic heterocycles. The van der Waals surface area contributed by atoms with Crippen LogP contribution in [0.4, 0.5) is 0 Å². The molecule has 6 heteroatoms. The lowest BCUT2D eigenvalue weighted by molar-refractivity contribution is -0.142. The lowest BCUT2D eigenvalue weighted by Crippen LogP contribution is -2.54. The van der Waals surface area contributed by atoms with Crippen LogP contribution < -0.4 is 0 Å². The molecule has 32 heavy (non-hydrogen) atoms. The second kappa shape index (κ2) is 9.25. The van der Waals surface area contributed by atoms with Gasteiger partial charge in [-0.3, -0.25) is 14.6 Å². The van der Waals surface area contributed by atoms with Gasteiger partial charge in [0.2, 0.25) is 5.91 Å². The molecule has 1 saturated heterocycles. The predicted molar refractivity (Wildman–Crippen MR) is 129 cm³/mol. The van der Waals surface area contributed by atoms with Crippen molar-refractivity contribution in [1.82, 2.24) is 14.8 Å². The van der Waals surface area contributed by atoms with Crippen LogP contribution in [0.15, 0.2) is 60.2 Å². The first kappa shape index (κ1) is 22.2. The van der Waals surface area contributed by atoms with Crippen LogP contribution >= 0.6 is 11.3 Å². The van der Waals surface area contributed by atoms with Gasteiger partial charge in [-0.05, 0) is 55.0 Å². The Kier molecular flexibility index (Phi) is 6.42. The van der Waals surface area contributed by atoms with Crippen molar-refractivity contribution in [2.45, 2.75) is 26.2 Å². The molecule has 1 aliphatic rings. The van der Waals surface area contributed by atoms with Crippen molar-refractivity contribution in [2.24, 2.45) is 5.41 Å². The molecule has 0 unspecified atom stereocenters. The summed E-state index contributed by atoms with van der Waals surface area (Å²) in [5, 5.41) is 1.92. The number of likely N-dealkylation sites (tertiary alicyclic amines) is 1. The van der Waals surface area contributed by atoms with Crippen LogP contribution in [0, 0.1) is 12.3 Å². The third kappa shape index (κ3) is 4.60. The molecule has 2 aromatic heterocycles. The number of nitrogens with zero attached hydrogens (tertiary/aromatic N) is 3. The SMILES string of the molecule is Cc1cc(C(=O)N2CCC[C@](Cc3cccc(-c4cccnc4)c3)(C(=O)N(C)C)C2)cs1. The third-order valence-corrected chi connectivity index (χ3v) is 7.03. The summed E-state index contributed by atoms with van der Waals surface area (Å²) in [5.41, 5.74) is 3.33. The van der Waals surface area contributed by atoms with Crippen molar-refractivity contribution in [3.8, 4) is 11.1 Å². The van der Waals surface area contributed by atoms with Crippen LogP contribution in [0.2, 0.25) is 0 Å². The molecule has 5 nitrogen and oxygen atoms in total. The molecular formula is C26H29N3O2S. The number of carbonyl (C=O) groups excluding carboxylic acids is 2. The maximum atomic E-state index is 13.5. The summed E-state index contributed by atoms with van der Waals surface area (Å²) < 4.78 is 0. The summed E-state index contributed by atoms with van der Waals surface area (Å²) in [5.74, 6) is 0.109. The number of hydrogen-bond acceptors (Lipinski definition) is 4. The standard InChI is InChI=1S/C26H29N3O2S/c1-19-13-23(17-32-19)24(30)29-12-6-10-26(18-29,25(31)28(2)3)15-20-7-4-8-21(14-20)22-9-5-11-27-16-22/h4-5,7-9,11,13-14,16-17H,6,10,12,15,18H2,1-3H3/t26-/m1/s1. The van der Waals surface area contributed by atoms with Crippen LogP contribution in [0.25, 0.3) is 11.1 Å². The van der Waals surface area contributed by atoms with Crippen LogP contribution in [-0.2, 0) is 11.2 Å². The average molecular weight is 448 g/mol. The van der Waals surface area contributed by atoms with E-state index in [1.54, 1.807) is 36.5 Å². The Hall–Kier alpha value is -2.99. The summed E-state index contributed by atoms with van der Waals surface area (Å²) in [6.07, 6.45) is 5.80. The number of hydrogen-bond donors (Lipinski definition) is 0. The topological polar surface area (TPSA) is 53.5 Å². The van der Waals surface area contributed by atoms with E-state index >= 15 is 0 Å². The van der Waals surface area contributed by atoms with Crippen molar-refractivity contribution >= 4 is 23.2 Å². The highest BCUT2D eigenvalue weighted by Crippen LogP contribution is 2.37. The molecule has 0 bridgehead atoms. The van der Waals surface area contributed by atoms with Gasteiger partial charge in [-0.25, -0.2) is 0 Å². The lowest BCUT2D eigenvalue weighted by atomic mass is 9.73. The van der Waals surface area contributed by atoms with E-state index in [2.05, 4.69) is 23.2 Å². The van der Waals surface area contributed by atoms with Gasteiger partial charge in [0.05, 0.1) is 11.0 Å². The smallest absolute Gasteiger partial charge is 0.254 e. The van der Waals surface area contributed by atoms with E-state index < -0.39 is 5.41 Å². The van der Waals surface area contributed by atoms with Gasteiger partial charge in [0.1, 0.15) is 0 Å². The molecule has 166 valence electrons. The molecule has 0 spiro atoms. The first-order chi connectivity index (χ1) is 15.4. The Morgan fingerprint density at radius 1 is 1.16 bits per heavy atom. The van der Waals surface area contributed by atoms with Gasteiger partial charge in [0, 0.05) is 49.8 Å². The Labute approximate surface area is 193 Å². The van der Waals surface area contributed by atoms with Crippen LogP contribution in [0.3, 0.4) is 0 Å². The number of rotatable bonds is 5. The minimum absolute atomic E-state index is 0.0223. The van der Waals surface area contributed by atoms with Crippen molar-refractivity contribution in [2.75, 3.05) is 27.2 Å². The molecule has 1 fully saturated rings. The number of amides is 2. The zero-order valence-corrected chi connectivity index (χ0v) is 19.7. The van der Waals surface area contributed by atoms with Crippen molar-refractivity contribution in [3.63, 3.8) is 0 Å². The number of benzene rings is 1. The molecule has 0 aliphatic carbocycles. The van der Waals surface area contributed by atoms with Crippen molar-refractivity contribution < 1.29 is 9.59 Å². The molecule has 4 rings (SSSR count). The monoisotopic (exact) mass is 447 g/mol. The second-order valence-corrected chi connectivity index (χ2v) is 9.99. The molecule has 1 aromatic carbocycles. The minimum Gasteiger partial charge on any atom is -0.348 e. The molecule has 3 aromatic rings. The molecule has 0 radical (unpaired) electrons. The molecule has 1 atom stereocenters. The largest absolute Gasteiger partial charge is 0.348 e. The molecule has 0 saturated carbocycles. The molecule has 3 heterocycles. The fraction of sp³-hybridized carbons (Fsp3) is 0.346. The second-order valence-electron chi connectivity index (χ2n) is 8.88. The maximum absolute atomic E-state index is 13.5. The Balaban J connectivity index is 1.64. The number of aryl methyl sites for hydroxylation is 1. The maximum Gasteiger partial charge on any atom is 0.254 e. The normalized spacial score (nSPS) is 18.4. The van der Waals surface area contributed by atoms with Gasteiger partial charge in [-0.15, -0.1) is 11.3 Å². The summed E-state index contributed by atoms with van der Waals surface area (Å²) in [7, 11) is 3.61. The number of carbonyl (C=O) groups is 2. The van der Waals surface area contributed by atoms with Gasteiger partial charge in [0.25, 0.3) is 5.91 Å². The van der Waals surface area contributed by atoms with E-state index in [4.69, 9.17) is 0 Å². The quantitative estimate of drug-likeness (QED) is 0.571. The third-order valence-electron chi connectivity index (χ3n) is 6.17. The van der Waals surface area contributed by atoms with Crippen LogP contribution in [0.5, 0.6) is 0 Å². The lowest BCUT2D eigenvalue weighted by Gasteiger charge is -2.43. The first-order valence-corrected chi connectivity index (χ1v) is 11.8. The molecule has 2 amide bonds. The number of pyridine rings is 1. The summed E-state index contributed by atoms with van der Waals surface area (Å²) in [6.45, 7) is 3.13. The Bertz CT molecular complexity index is 1110. The number of piperidine rings is 1. The highest BCUT2D eigenvalue weighted by Gasteiger charge is 2.44. The zero-order valence-electron chi connectivity index (χ0n) is 18.9. The van der Waals surface area contributed by atoms with Crippen LogP contribution in [0.1, 0.15) is 33.6 Å². The number of aromatic nitrogens is 1. The summed E-state index contributed by atoms with van der Waals surface area (Å²) in [6, 6.07) is 14.2. The highest BCUT2D eigenvalue weighted by atomic mass is 32.1. The van der Waals surface area contributed by atoms with E-state index in [1.165, 1.54) is 0 Å². The van der Waals surface area contributed by atoms with E-state index in [-0.39, 0.29) is 11.8 Å². The van der Waals surface area contributed by atoms with E-state index in [9.17, 15) is 9.59 Å². The molecule has 0 N–H and O–H groups in total. The summed E-state index contributed by atoms with van der Waals surface area (Å²) >= 11 is 1.58. The van der Waals surface area contributed by atoms with E-state index in [1.807, 2.05) is 47.7 Å². The average Bonchev–Trinajstić information content (AvgIpc) is 3.25. The van der Waals surface area contributed by atoms with Gasteiger partial charge in [-0.1, -0.05) is 30.3 Å². The highest BCUT2D eigenvalue weighted by molar-refractivity contribution is 7.10. The predicted octanol–water partition coefficient (Wildman–Crippen LogP) is 4.67. The zero-order chi connectivity index (χ0) is 22.7. The van der Waals surface area contributed by atoms with Crippen molar-refractivity contribution in [1.29, 1.82) is 0 Å². The van der Waals surface area contributed by atoms with Gasteiger partial charge in [0.15, 0.2) is 0 Å². The van der Waals surface area contributed by atoms with Crippen LogP contribution in [-0.4, -0.2) is 53.8 Å². The Morgan fingerprint density at radius 3 is 2.66 bits per heavy atom. The van der Waals surface area contributed by atoms with E-state index in [0.717, 1.165) is 40.0 Å². The van der Waals surface area contributed by atoms with Crippen molar-refractivity contribution in [3.05, 3.63) is 76.2 Å². The Morgan fingerprint density at radius 2 is 1.97 bits per heavy atom.